The Bertz CT molecular complexity index is 950. The van der Waals surface area contributed by atoms with Crippen LogP contribution in [0, 0.1) is 13.8 Å². The number of aliphatic hydroxyl groups excluding tert-OH is 1. The van der Waals surface area contributed by atoms with E-state index in [-0.39, 0.29) is 5.76 Å². The molecule has 2 N–H and O–H groups in total. The van der Waals surface area contributed by atoms with Gasteiger partial charge >= 0.3 is 0 Å². The third kappa shape index (κ3) is 3.98. The highest BCUT2D eigenvalue weighted by Gasteiger charge is 2.23. The molecule has 0 saturated heterocycles. The summed E-state index contributed by atoms with van der Waals surface area (Å²) in [6.07, 6.45) is 3.73. The van der Waals surface area contributed by atoms with Gasteiger partial charge in [-0.1, -0.05) is 48.6 Å². The van der Waals surface area contributed by atoms with Crippen molar-refractivity contribution < 1.29 is 9.67 Å². The molecule has 0 aliphatic heterocycles. The highest BCUT2D eigenvalue weighted by Crippen LogP contribution is 2.21. The van der Waals surface area contributed by atoms with E-state index < -0.39 is 0 Å². The number of para-hydroxylation sites is 1. The first-order valence-corrected chi connectivity index (χ1v) is 8.81. The molecule has 1 heterocycles. The normalized spacial score (nSPS) is 11.6. The number of thiocarbonyl (C=S) groups is 1. The Morgan fingerprint density at radius 3 is 2.19 bits per heavy atom. The minimum absolute atomic E-state index is 0.137. The van der Waals surface area contributed by atoms with Gasteiger partial charge in [0.05, 0.1) is 0 Å². The zero-order valence-corrected chi connectivity index (χ0v) is 15.6. The molecule has 2 aromatic carbocycles. The van der Waals surface area contributed by atoms with Gasteiger partial charge in [0, 0.05) is 23.4 Å². The van der Waals surface area contributed by atoms with Gasteiger partial charge in [0.25, 0.3) is 5.70 Å². The molecule has 0 aliphatic rings. The van der Waals surface area contributed by atoms with Gasteiger partial charge in [0.15, 0.2) is 23.1 Å². The summed E-state index contributed by atoms with van der Waals surface area (Å²) in [4.78, 5) is 0.447. The molecular weight excluding hydrogens is 340 g/mol. The number of hydrogen-bond acceptors (Lipinski definition) is 2. The third-order valence-corrected chi connectivity index (χ3v) is 4.52. The van der Waals surface area contributed by atoms with Gasteiger partial charge in [-0.2, -0.15) is 4.57 Å². The molecule has 4 heteroatoms. The Morgan fingerprint density at radius 2 is 1.54 bits per heavy atom. The number of aromatic nitrogens is 1. The van der Waals surface area contributed by atoms with E-state index in [9.17, 15) is 5.11 Å². The van der Waals surface area contributed by atoms with E-state index in [0.717, 1.165) is 16.8 Å². The van der Waals surface area contributed by atoms with Crippen LogP contribution in [0.15, 0.2) is 79.1 Å². The number of anilines is 1. The van der Waals surface area contributed by atoms with E-state index in [1.54, 1.807) is 0 Å². The molecule has 130 valence electrons. The average Bonchev–Trinajstić information content (AvgIpc) is 2.66. The molecule has 0 bridgehead atoms. The third-order valence-electron chi connectivity index (χ3n) is 4.23. The Morgan fingerprint density at radius 1 is 0.885 bits per heavy atom. The van der Waals surface area contributed by atoms with Crippen LogP contribution in [0.25, 0.3) is 11.5 Å². The van der Waals surface area contributed by atoms with Crippen molar-refractivity contribution in [3.05, 3.63) is 95.8 Å². The molecule has 3 aromatic rings. The molecule has 0 saturated carbocycles. The van der Waals surface area contributed by atoms with Crippen molar-refractivity contribution in [2.75, 3.05) is 5.32 Å². The second-order valence-electron chi connectivity index (χ2n) is 6.10. The van der Waals surface area contributed by atoms with Crippen LogP contribution >= 0.6 is 12.2 Å². The first kappa shape index (κ1) is 17.8. The van der Waals surface area contributed by atoms with Crippen LogP contribution in [-0.4, -0.2) is 10.1 Å². The molecule has 0 aliphatic carbocycles. The van der Waals surface area contributed by atoms with Gasteiger partial charge in [-0.25, -0.2) is 0 Å². The van der Waals surface area contributed by atoms with Gasteiger partial charge in [-0.15, -0.1) is 0 Å². The first-order valence-electron chi connectivity index (χ1n) is 8.40. The van der Waals surface area contributed by atoms with Crippen molar-refractivity contribution in [3.63, 3.8) is 0 Å². The molecule has 0 unspecified atom stereocenters. The Balaban J connectivity index is 2.08. The van der Waals surface area contributed by atoms with Crippen LogP contribution in [0.2, 0.25) is 0 Å². The van der Waals surface area contributed by atoms with Crippen molar-refractivity contribution in [1.29, 1.82) is 0 Å². The molecule has 0 atom stereocenters. The predicted molar refractivity (Wildman–Crippen MR) is 111 cm³/mol. The maximum absolute atomic E-state index is 11.0. The van der Waals surface area contributed by atoms with Crippen LogP contribution < -0.4 is 9.88 Å². The summed E-state index contributed by atoms with van der Waals surface area (Å²) in [5.41, 5.74) is 4.44. The summed E-state index contributed by atoms with van der Waals surface area (Å²) >= 11 is 5.62. The topological polar surface area (TPSA) is 36.1 Å². The molecular formula is C22H21N2OS+. The fourth-order valence-electron chi connectivity index (χ4n) is 2.63. The van der Waals surface area contributed by atoms with Crippen molar-refractivity contribution >= 4 is 34.3 Å². The molecule has 0 amide bonds. The summed E-state index contributed by atoms with van der Waals surface area (Å²) in [6, 6.07) is 21.3. The number of aliphatic hydroxyl groups is 1. The number of nitrogens with zero attached hydrogens (tertiary/aromatic N) is 1. The van der Waals surface area contributed by atoms with Crippen molar-refractivity contribution in [2.24, 2.45) is 0 Å². The number of aryl methyl sites for hydroxylation is 2. The molecule has 3 rings (SSSR count). The zero-order chi connectivity index (χ0) is 18.5. The average molecular weight is 361 g/mol. The first-order chi connectivity index (χ1) is 12.6. The Kier molecular flexibility index (Phi) is 5.44. The highest BCUT2D eigenvalue weighted by molar-refractivity contribution is 7.81. The summed E-state index contributed by atoms with van der Waals surface area (Å²) in [7, 11) is 0. The molecule has 1 aromatic heterocycles. The fourth-order valence-corrected chi connectivity index (χ4v) is 2.95. The van der Waals surface area contributed by atoms with Gasteiger partial charge in [0.1, 0.15) is 0 Å². The Labute approximate surface area is 159 Å². The van der Waals surface area contributed by atoms with Gasteiger partial charge in [-0.05, 0) is 43.2 Å². The SMILES string of the molecule is Cc1ccc(C(O)=C(C(=S)Nc2ccccc2)[n+]2ccccc2)cc1C. The lowest BCUT2D eigenvalue weighted by molar-refractivity contribution is -0.575. The number of nitrogens with one attached hydrogen (secondary N) is 1. The van der Waals surface area contributed by atoms with Crippen LogP contribution in [0.4, 0.5) is 5.69 Å². The van der Waals surface area contributed by atoms with Gasteiger partial charge in [0.2, 0.25) is 0 Å². The van der Waals surface area contributed by atoms with E-state index >= 15 is 0 Å². The van der Waals surface area contributed by atoms with Crippen molar-refractivity contribution in [1.82, 2.24) is 0 Å². The van der Waals surface area contributed by atoms with E-state index in [1.807, 2.05) is 97.5 Å². The van der Waals surface area contributed by atoms with Crippen LogP contribution in [0.5, 0.6) is 0 Å². The lowest BCUT2D eigenvalue weighted by Crippen LogP contribution is -2.38. The minimum Gasteiger partial charge on any atom is -0.502 e. The lowest BCUT2D eigenvalue weighted by atomic mass is 10.0. The zero-order valence-electron chi connectivity index (χ0n) is 14.8. The molecule has 3 nitrogen and oxygen atoms in total. The maximum Gasteiger partial charge on any atom is 0.288 e. The maximum atomic E-state index is 11.0. The number of pyridine rings is 1. The number of rotatable bonds is 4. The second kappa shape index (κ2) is 7.93. The van der Waals surface area contributed by atoms with E-state index in [4.69, 9.17) is 12.2 Å². The van der Waals surface area contributed by atoms with Crippen molar-refractivity contribution in [3.8, 4) is 0 Å². The number of hydrogen-bond donors (Lipinski definition) is 2. The molecule has 0 fully saturated rings. The van der Waals surface area contributed by atoms with Crippen LogP contribution in [0.3, 0.4) is 0 Å². The monoisotopic (exact) mass is 361 g/mol. The van der Waals surface area contributed by atoms with Gasteiger partial charge in [-0.3, -0.25) is 0 Å². The highest BCUT2D eigenvalue weighted by atomic mass is 32.1. The smallest absolute Gasteiger partial charge is 0.288 e. The van der Waals surface area contributed by atoms with Crippen LogP contribution in [-0.2, 0) is 0 Å². The summed E-state index contributed by atoms with van der Waals surface area (Å²) in [5.74, 6) is 0.137. The van der Waals surface area contributed by atoms with Crippen LogP contribution in [0.1, 0.15) is 16.7 Å². The quantitative estimate of drug-likeness (QED) is 0.300. The fraction of sp³-hybridized carbons (Fsp3) is 0.0909. The van der Waals surface area contributed by atoms with Gasteiger partial charge < -0.3 is 10.4 Å². The predicted octanol–water partition coefficient (Wildman–Crippen LogP) is 4.91. The Hall–Kier alpha value is -2.98. The summed E-state index contributed by atoms with van der Waals surface area (Å²) < 4.78 is 1.82. The second-order valence-corrected chi connectivity index (χ2v) is 6.51. The molecule has 0 spiro atoms. The number of benzene rings is 2. The van der Waals surface area contributed by atoms with E-state index in [2.05, 4.69) is 5.32 Å². The summed E-state index contributed by atoms with van der Waals surface area (Å²) in [5, 5.41) is 14.2. The van der Waals surface area contributed by atoms with E-state index in [0.29, 0.717) is 10.7 Å². The van der Waals surface area contributed by atoms with Crippen molar-refractivity contribution in [2.45, 2.75) is 13.8 Å². The standard InChI is InChI=1S/C22H20N2OS/c1-16-11-12-18(15-17(16)2)21(25)20(24-13-7-4-8-14-24)22(26)23-19-9-5-3-6-10-19/h3-15H,1-2H3,(H-,23,25,26)/p+1. The molecule has 0 radical (unpaired) electrons. The minimum atomic E-state index is 0.137. The lowest BCUT2D eigenvalue weighted by Gasteiger charge is -2.11. The molecule has 26 heavy (non-hydrogen) atoms. The summed E-state index contributed by atoms with van der Waals surface area (Å²) in [6.45, 7) is 4.08. The largest absolute Gasteiger partial charge is 0.502 e. The van der Waals surface area contributed by atoms with E-state index in [1.165, 1.54) is 5.56 Å².